The van der Waals surface area contributed by atoms with Crippen LogP contribution in [0.1, 0.15) is 17.2 Å². The van der Waals surface area contributed by atoms with Crippen LogP contribution in [-0.2, 0) is 6.42 Å². The molecule has 0 amide bonds. The zero-order valence-electron chi connectivity index (χ0n) is 9.71. The van der Waals surface area contributed by atoms with E-state index in [9.17, 15) is 9.50 Å². The SMILES string of the molecule is OC(Cc1ccc(Cl)c(Cl)c1)c1ccc(Br)c(F)c1. The normalized spacial score (nSPS) is 12.5. The van der Waals surface area contributed by atoms with Gasteiger partial charge in [-0.25, -0.2) is 4.39 Å². The highest BCUT2D eigenvalue weighted by Crippen LogP contribution is 2.27. The lowest BCUT2D eigenvalue weighted by Gasteiger charge is -2.12. The van der Waals surface area contributed by atoms with E-state index in [1.807, 2.05) is 0 Å². The lowest BCUT2D eigenvalue weighted by Crippen LogP contribution is -2.02. The zero-order valence-corrected chi connectivity index (χ0v) is 12.8. The van der Waals surface area contributed by atoms with Crippen LogP contribution in [0.2, 0.25) is 10.0 Å². The fourth-order valence-corrected chi connectivity index (χ4v) is 2.29. The second-order valence-electron chi connectivity index (χ2n) is 4.14. The van der Waals surface area contributed by atoms with Gasteiger partial charge in [0.15, 0.2) is 0 Å². The molecule has 100 valence electrons. The Hall–Kier alpha value is -0.610. The van der Waals surface area contributed by atoms with Crippen molar-refractivity contribution in [3.63, 3.8) is 0 Å². The minimum absolute atomic E-state index is 0.345. The quantitative estimate of drug-likeness (QED) is 0.797. The van der Waals surface area contributed by atoms with Gasteiger partial charge < -0.3 is 5.11 Å². The second-order valence-corrected chi connectivity index (χ2v) is 5.81. The highest BCUT2D eigenvalue weighted by molar-refractivity contribution is 9.10. The number of aliphatic hydroxyl groups excluding tert-OH is 1. The summed E-state index contributed by atoms with van der Waals surface area (Å²) < 4.78 is 13.8. The van der Waals surface area contributed by atoms with Crippen LogP contribution in [-0.4, -0.2) is 5.11 Å². The van der Waals surface area contributed by atoms with Crippen molar-refractivity contribution in [2.45, 2.75) is 12.5 Å². The van der Waals surface area contributed by atoms with Crippen molar-refractivity contribution in [3.05, 3.63) is 67.9 Å². The third kappa shape index (κ3) is 3.69. The van der Waals surface area contributed by atoms with E-state index < -0.39 is 11.9 Å². The molecule has 0 bridgehead atoms. The van der Waals surface area contributed by atoms with Crippen LogP contribution in [0.3, 0.4) is 0 Å². The first-order valence-corrected chi connectivity index (χ1v) is 7.09. The zero-order chi connectivity index (χ0) is 14.0. The lowest BCUT2D eigenvalue weighted by molar-refractivity contribution is 0.178. The van der Waals surface area contributed by atoms with Gasteiger partial charge in [0.1, 0.15) is 5.82 Å². The number of halogens is 4. The molecule has 2 aromatic carbocycles. The minimum Gasteiger partial charge on any atom is -0.388 e. The molecule has 2 aromatic rings. The number of rotatable bonds is 3. The van der Waals surface area contributed by atoms with Crippen LogP contribution in [0.4, 0.5) is 4.39 Å². The maximum atomic E-state index is 13.4. The van der Waals surface area contributed by atoms with Crippen LogP contribution in [0.25, 0.3) is 0 Å². The average Bonchev–Trinajstić information content (AvgIpc) is 2.37. The fraction of sp³-hybridized carbons (Fsp3) is 0.143. The smallest absolute Gasteiger partial charge is 0.137 e. The summed E-state index contributed by atoms with van der Waals surface area (Å²) in [5, 5.41) is 11.0. The van der Waals surface area contributed by atoms with Crippen molar-refractivity contribution in [3.8, 4) is 0 Å². The topological polar surface area (TPSA) is 20.2 Å². The third-order valence-electron chi connectivity index (χ3n) is 2.74. The van der Waals surface area contributed by atoms with Crippen molar-refractivity contribution in [2.24, 2.45) is 0 Å². The van der Waals surface area contributed by atoms with Gasteiger partial charge in [-0.05, 0) is 51.3 Å². The number of benzene rings is 2. The minimum atomic E-state index is -0.792. The Morgan fingerprint density at radius 3 is 2.47 bits per heavy atom. The second kappa shape index (κ2) is 6.23. The van der Waals surface area contributed by atoms with Gasteiger partial charge in [-0.15, -0.1) is 0 Å². The van der Waals surface area contributed by atoms with Gasteiger partial charge in [-0.3, -0.25) is 0 Å². The molecule has 0 spiro atoms. The molecule has 1 nitrogen and oxygen atoms in total. The summed E-state index contributed by atoms with van der Waals surface area (Å²) >= 11 is 14.8. The molecule has 0 aromatic heterocycles. The Balaban J connectivity index is 2.17. The Labute approximate surface area is 129 Å². The molecule has 1 unspecified atom stereocenters. The van der Waals surface area contributed by atoms with E-state index in [4.69, 9.17) is 23.2 Å². The summed E-state index contributed by atoms with van der Waals surface area (Å²) in [6, 6.07) is 9.72. The molecule has 0 saturated carbocycles. The standard InChI is InChI=1S/C14H10BrCl2FO/c15-10-3-2-9(7-13(10)18)14(19)6-8-1-4-11(16)12(17)5-8/h1-5,7,14,19H,6H2. The van der Waals surface area contributed by atoms with Gasteiger partial charge in [0.05, 0.1) is 20.6 Å². The number of hydrogen-bond donors (Lipinski definition) is 1. The molecular weight excluding hydrogens is 354 g/mol. The maximum Gasteiger partial charge on any atom is 0.137 e. The summed E-state index contributed by atoms with van der Waals surface area (Å²) in [5.41, 5.74) is 1.36. The Bertz CT molecular complexity index is 604. The molecule has 1 N–H and O–H groups in total. The van der Waals surface area contributed by atoms with Gasteiger partial charge >= 0.3 is 0 Å². The van der Waals surface area contributed by atoms with E-state index >= 15 is 0 Å². The molecule has 2 rings (SSSR count). The van der Waals surface area contributed by atoms with Gasteiger partial charge in [0.2, 0.25) is 0 Å². The lowest BCUT2D eigenvalue weighted by atomic mass is 10.0. The monoisotopic (exact) mass is 362 g/mol. The molecule has 0 aliphatic rings. The van der Waals surface area contributed by atoms with E-state index in [2.05, 4.69) is 15.9 Å². The molecule has 0 aliphatic carbocycles. The summed E-state index contributed by atoms with van der Waals surface area (Å²) in [5.74, 6) is -0.398. The van der Waals surface area contributed by atoms with Gasteiger partial charge in [-0.1, -0.05) is 35.3 Å². The Morgan fingerprint density at radius 1 is 1.11 bits per heavy atom. The molecule has 0 saturated heterocycles. The highest BCUT2D eigenvalue weighted by Gasteiger charge is 2.11. The molecule has 0 radical (unpaired) electrons. The molecule has 0 fully saturated rings. The molecule has 5 heteroatoms. The van der Waals surface area contributed by atoms with Crippen molar-refractivity contribution in [1.29, 1.82) is 0 Å². The molecule has 0 heterocycles. The van der Waals surface area contributed by atoms with Crippen LogP contribution in [0, 0.1) is 5.82 Å². The Kier molecular flexibility index (Phi) is 4.85. The largest absolute Gasteiger partial charge is 0.388 e. The Morgan fingerprint density at radius 2 is 1.84 bits per heavy atom. The summed E-state index contributed by atoms with van der Waals surface area (Å²) in [6.07, 6.45) is -0.447. The first kappa shape index (κ1) is 14.8. The van der Waals surface area contributed by atoms with E-state index in [-0.39, 0.29) is 0 Å². The van der Waals surface area contributed by atoms with Crippen LogP contribution < -0.4 is 0 Å². The van der Waals surface area contributed by atoms with Crippen LogP contribution in [0.15, 0.2) is 40.9 Å². The number of aliphatic hydroxyl groups is 1. The van der Waals surface area contributed by atoms with E-state index in [1.165, 1.54) is 6.07 Å². The third-order valence-corrected chi connectivity index (χ3v) is 4.12. The van der Waals surface area contributed by atoms with Crippen molar-refractivity contribution in [1.82, 2.24) is 0 Å². The van der Waals surface area contributed by atoms with E-state index in [0.29, 0.717) is 26.5 Å². The van der Waals surface area contributed by atoms with Crippen LogP contribution in [0.5, 0.6) is 0 Å². The molecule has 19 heavy (non-hydrogen) atoms. The van der Waals surface area contributed by atoms with E-state index in [1.54, 1.807) is 30.3 Å². The summed E-state index contributed by atoms with van der Waals surface area (Å²) in [4.78, 5) is 0. The van der Waals surface area contributed by atoms with E-state index in [0.717, 1.165) is 5.56 Å². The molecular formula is C14H10BrCl2FO. The van der Waals surface area contributed by atoms with Gasteiger partial charge in [0, 0.05) is 6.42 Å². The molecule has 1 atom stereocenters. The average molecular weight is 364 g/mol. The van der Waals surface area contributed by atoms with Crippen molar-refractivity contribution >= 4 is 39.1 Å². The van der Waals surface area contributed by atoms with Crippen LogP contribution >= 0.6 is 39.1 Å². The van der Waals surface area contributed by atoms with Crippen molar-refractivity contribution in [2.75, 3.05) is 0 Å². The predicted octanol–water partition coefficient (Wildman–Crippen LogP) is 5.17. The fourth-order valence-electron chi connectivity index (χ4n) is 1.73. The maximum absolute atomic E-state index is 13.4. The first-order chi connectivity index (χ1) is 8.97. The predicted molar refractivity (Wildman–Crippen MR) is 79.2 cm³/mol. The van der Waals surface area contributed by atoms with Crippen molar-refractivity contribution < 1.29 is 9.50 Å². The number of hydrogen-bond acceptors (Lipinski definition) is 1. The summed E-state index contributed by atoms with van der Waals surface area (Å²) in [7, 11) is 0. The van der Waals surface area contributed by atoms with Gasteiger partial charge in [-0.2, -0.15) is 0 Å². The summed E-state index contributed by atoms with van der Waals surface area (Å²) in [6.45, 7) is 0. The highest BCUT2D eigenvalue weighted by atomic mass is 79.9. The molecule has 0 aliphatic heterocycles. The first-order valence-electron chi connectivity index (χ1n) is 5.54. The van der Waals surface area contributed by atoms with Gasteiger partial charge in [0.25, 0.3) is 0 Å².